The van der Waals surface area contributed by atoms with E-state index >= 15 is 0 Å². The van der Waals surface area contributed by atoms with Crippen LogP contribution in [0.15, 0.2) is 28.6 Å². The molecule has 7 nitrogen and oxygen atoms in total. The Hall–Kier alpha value is -2.20. The molecule has 2 N–H and O–H groups in total. The highest BCUT2D eigenvalue weighted by Crippen LogP contribution is 2.15. The quantitative estimate of drug-likeness (QED) is 0.538. The van der Waals surface area contributed by atoms with Crippen molar-refractivity contribution in [2.75, 3.05) is 31.1 Å². The number of anilines is 1. The first-order valence-corrected chi connectivity index (χ1v) is 10.8. The molecule has 0 saturated carbocycles. The van der Waals surface area contributed by atoms with E-state index < -0.39 is 15.8 Å². The fraction of sp³-hybridized carbons (Fsp3) is 0.412. The lowest BCUT2D eigenvalue weighted by molar-refractivity contribution is 0.472. The molecule has 0 radical (unpaired) electrons. The maximum absolute atomic E-state index is 13.6. The average molecular weight is 414 g/mol. The number of nitrogens with one attached hydrogen (secondary N) is 2. The van der Waals surface area contributed by atoms with Crippen LogP contribution in [0.5, 0.6) is 0 Å². The summed E-state index contributed by atoms with van der Waals surface area (Å²) in [6.07, 6.45) is 0. The van der Waals surface area contributed by atoms with Crippen molar-refractivity contribution in [2.45, 2.75) is 20.4 Å². The van der Waals surface area contributed by atoms with Crippen molar-refractivity contribution in [1.29, 1.82) is 0 Å². The van der Waals surface area contributed by atoms with Crippen molar-refractivity contribution >= 4 is 33.0 Å². The van der Waals surface area contributed by atoms with Crippen molar-refractivity contribution < 1.29 is 12.8 Å². The van der Waals surface area contributed by atoms with Gasteiger partial charge in [0.15, 0.2) is 5.96 Å². The third-order valence-corrected chi connectivity index (χ3v) is 5.85. The standard InChI is InChI=1S/C17H24FN5O2S2/c1-12-5-6-14(9-16(12)18)22-27(24,25)8-7-20-17(19-3)23(4)10-15-11-26-13(2)21-15/h5-6,9,11,22H,7-8,10H2,1-4H3,(H,19,20). The van der Waals surface area contributed by atoms with Crippen LogP contribution in [0.25, 0.3) is 0 Å². The van der Waals surface area contributed by atoms with Gasteiger partial charge in [0, 0.05) is 26.0 Å². The zero-order valence-corrected chi connectivity index (χ0v) is 17.4. The number of hydrogen-bond acceptors (Lipinski definition) is 5. The first-order chi connectivity index (χ1) is 12.7. The summed E-state index contributed by atoms with van der Waals surface area (Å²) in [5, 5.41) is 5.99. The van der Waals surface area contributed by atoms with Crippen molar-refractivity contribution in [3.05, 3.63) is 45.7 Å². The van der Waals surface area contributed by atoms with E-state index in [2.05, 4.69) is 20.0 Å². The predicted octanol–water partition coefficient (Wildman–Crippen LogP) is 2.35. The second kappa shape index (κ2) is 9.14. The molecule has 1 aromatic carbocycles. The molecule has 0 bridgehead atoms. The van der Waals surface area contributed by atoms with Gasteiger partial charge < -0.3 is 10.2 Å². The largest absolute Gasteiger partial charge is 0.355 e. The molecular formula is C17H24FN5O2S2. The van der Waals surface area contributed by atoms with Crippen molar-refractivity contribution in [1.82, 2.24) is 15.2 Å². The van der Waals surface area contributed by atoms with Gasteiger partial charge in [-0.2, -0.15) is 0 Å². The summed E-state index contributed by atoms with van der Waals surface area (Å²) in [4.78, 5) is 10.4. The number of halogens is 1. The maximum atomic E-state index is 13.6. The van der Waals surface area contributed by atoms with Crippen LogP contribution in [0, 0.1) is 19.7 Å². The molecule has 0 aliphatic carbocycles. The van der Waals surface area contributed by atoms with Crippen LogP contribution in [0.1, 0.15) is 16.3 Å². The van der Waals surface area contributed by atoms with E-state index in [1.807, 2.05) is 24.3 Å². The van der Waals surface area contributed by atoms with Gasteiger partial charge in [-0.15, -0.1) is 11.3 Å². The van der Waals surface area contributed by atoms with E-state index in [1.54, 1.807) is 25.3 Å². The van der Waals surface area contributed by atoms with E-state index in [1.165, 1.54) is 18.2 Å². The second-order valence-electron chi connectivity index (χ2n) is 6.07. The second-order valence-corrected chi connectivity index (χ2v) is 8.98. The van der Waals surface area contributed by atoms with Gasteiger partial charge in [0.1, 0.15) is 5.82 Å². The Morgan fingerprint density at radius 2 is 2.11 bits per heavy atom. The Balaban J connectivity index is 1.87. The van der Waals surface area contributed by atoms with Gasteiger partial charge in [0.25, 0.3) is 0 Å². The number of guanidine groups is 1. The van der Waals surface area contributed by atoms with E-state index in [0.717, 1.165) is 10.7 Å². The summed E-state index contributed by atoms with van der Waals surface area (Å²) in [6, 6.07) is 4.23. The van der Waals surface area contributed by atoms with E-state index in [-0.39, 0.29) is 18.0 Å². The fourth-order valence-corrected chi connectivity index (χ4v) is 3.93. The van der Waals surface area contributed by atoms with Gasteiger partial charge in [-0.3, -0.25) is 9.71 Å². The third-order valence-electron chi connectivity index (χ3n) is 3.74. The van der Waals surface area contributed by atoms with Crippen molar-refractivity contribution in [3.63, 3.8) is 0 Å². The summed E-state index contributed by atoms with van der Waals surface area (Å²) in [5.41, 5.74) is 1.60. The molecule has 10 heteroatoms. The summed E-state index contributed by atoms with van der Waals surface area (Å²) in [7, 11) is -0.128. The molecule has 0 aliphatic rings. The molecule has 2 aromatic rings. The van der Waals surface area contributed by atoms with Crippen LogP contribution in [0.2, 0.25) is 0 Å². The van der Waals surface area contributed by atoms with Crippen LogP contribution < -0.4 is 10.0 Å². The Labute approximate surface area is 163 Å². The number of aryl methyl sites for hydroxylation is 2. The zero-order valence-electron chi connectivity index (χ0n) is 15.8. The minimum Gasteiger partial charge on any atom is -0.355 e. The van der Waals surface area contributed by atoms with Gasteiger partial charge in [-0.1, -0.05) is 6.07 Å². The van der Waals surface area contributed by atoms with Crippen LogP contribution in [0.3, 0.4) is 0 Å². The zero-order chi connectivity index (χ0) is 20.0. The monoisotopic (exact) mass is 413 g/mol. The molecule has 0 amide bonds. The topological polar surface area (TPSA) is 86.7 Å². The Morgan fingerprint density at radius 1 is 1.37 bits per heavy atom. The maximum Gasteiger partial charge on any atom is 0.234 e. The van der Waals surface area contributed by atoms with E-state index in [0.29, 0.717) is 18.1 Å². The van der Waals surface area contributed by atoms with Crippen LogP contribution >= 0.6 is 11.3 Å². The number of sulfonamides is 1. The molecule has 0 spiro atoms. The highest BCUT2D eigenvalue weighted by molar-refractivity contribution is 7.92. The van der Waals surface area contributed by atoms with Gasteiger partial charge in [-0.05, 0) is 31.5 Å². The Kier molecular flexibility index (Phi) is 7.14. The van der Waals surface area contributed by atoms with Crippen LogP contribution in [-0.2, 0) is 16.6 Å². The van der Waals surface area contributed by atoms with E-state index in [9.17, 15) is 12.8 Å². The SMILES string of the molecule is CN=C(NCCS(=O)(=O)Nc1ccc(C)c(F)c1)N(C)Cc1csc(C)n1. The number of aliphatic imine (C=N–C) groups is 1. The Bertz CT molecular complexity index is 912. The molecule has 0 atom stereocenters. The summed E-state index contributed by atoms with van der Waals surface area (Å²) < 4.78 is 40.3. The van der Waals surface area contributed by atoms with Gasteiger partial charge in [0.05, 0.1) is 28.7 Å². The minimum absolute atomic E-state index is 0.163. The van der Waals surface area contributed by atoms with Crippen LogP contribution in [0.4, 0.5) is 10.1 Å². The number of aromatic nitrogens is 1. The first kappa shape index (κ1) is 21.1. The summed E-state index contributed by atoms with van der Waals surface area (Å²) >= 11 is 1.58. The average Bonchev–Trinajstić information content (AvgIpc) is 2.99. The molecule has 2 rings (SSSR count). The molecule has 0 unspecified atom stereocenters. The third kappa shape index (κ3) is 6.47. The lowest BCUT2D eigenvalue weighted by atomic mass is 10.2. The molecule has 27 heavy (non-hydrogen) atoms. The molecule has 0 fully saturated rings. The normalized spacial score (nSPS) is 12.1. The highest BCUT2D eigenvalue weighted by atomic mass is 32.2. The molecule has 0 aliphatic heterocycles. The minimum atomic E-state index is -3.61. The lowest BCUT2D eigenvalue weighted by Crippen LogP contribution is -2.41. The molecular weight excluding hydrogens is 389 g/mol. The Morgan fingerprint density at radius 3 is 2.70 bits per heavy atom. The predicted molar refractivity (Wildman–Crippen MR) is 108 cm³/mol. The molecule has 0 saturated heterocycles. The summed E-state index contributed by atoms with van der Waals surface area (Å²) in [6.45, 7) is 4.29. The first-order valence-electron chi connectivity index (χ1n) is 8.29. The van der Waals surface area contributed by atoms with Gasteiger partial charge in [-0.25, -0.2) is 17.8 Å². The number of benzene rings is 1. The van der Waals surface area contributed by atoms with E-state index in [4.69, 9.17) is 0 Å². The van der Waals surface area contributed by atoms with Crippen LogP contribution in [-0.4, -0.2) is 50.7 Å². The van der Waals surface area contributed by atoms with Gasteiger partial charge in [0.2, 0.25) is 10.0 Å². The number of nitrogens with zero attached hydrogens (tertiary/aromatic N) is 3. The smallest absolute Gasteiger partial charge is 0.234 e. The number of rotatable bonds is 7. The fourth-order valence-electron chi connectivity index (χ4n) is 2.37. The van der Waals surface area contributed by atoms with Crippen molar-refractivity contribution in [3.8, 4) is 0 Å². The van der Waals surface area contributed by atoms with Gasteiger partial charge >= 0.3 is 0 Å². The van der Waals surface area contributed by atoms with Crippen molar-refractivity contribution in [2.24, 2.45) is 4.99 Å². The number of thiazole rings is 1. The molecule has 1 heterocycles. The highest BCUT2D eigenvalue weighted by Gasteiger charge is 2.13. The molecule has 148 valence electrons. The summed E-state index contributed by atoms with van der Waals surface area (Å²) in [5.74, 6) is -0.0598. The lowest BCUT2D eigenvalue weighted by Gasteiger charge is -2.21. The molecule has 1 aromatic heterocycles. The number of hydrogen-bond donors (Lipinski definition) is 2.